The van der Waals surface area contributed by atoms with Gasteiger partial charge in [0.15, 0.2) is 0 Å². The molecule has 0 aromatic heterocycles. The summed E-state index contributed by atoms with van der Waals surface area (Å²) in [5, 5.41) is 0. The van der Waals surface area contributed by atoms with Gasteiger partial charge in [-0.2, -0.15) is 0 Å². The van der Waals surface area contributed by atoms with Crippen molar-refractivity contribution in [3.05, 3.63) is 29.8 Å². The number of hydrogen-bond acceptors (Lipinski definition) is 3. The number of benzene rings is 1. The highest BCUT2D eigenvalue weighted by Gasteiger charge is 2.36. The summed E-state index contributed by atoms with van der Waals surface area (Å²) in [4.78, 5) is 30.7. The zero-order valence-electron chi connectivity index (χ0n) is 15.6. The van der Waals surface area contributed by atoms with E-state index in [2.05, 4.69) is 29.2 Å². The molecule has 2 aliphatic rings. The Kier molecular flexibility index (Phi) is 5.30. The molecule has 1 aromatic rings. The van der Waals surface area contributed by atoms with Crippen LogP contribution in [0.2, 0.25) is 0 Å². The minimum absolute atomic E-state index is 0.0503. The van der Waals surface area contributed by atoms with Crippen molar-refractivity contribution in [3.8, 4) is 0 Å². The molecule has 1 saturated carbocycles. The predicted molar refractivity (Wildman–Crippen MR) is 99.3 cm³/mol. The number of rotatable bonds is 5. The molecule has 1 heterocycles. The molecule has 0 N–H and O–H groups in total. The summed E-state index contributed by atoms with van der Waals surface area (Å²) < 4.78 is 0. The van der Waals surface area contributed by atoms with E-state index >= 15 is 0 Å². The average molecular weight is 343 g/mol. The minimum Gasteiger partial charge on any atom is -0.378 e. The van der Waals surface area contributed by atoms with E-state index in [0.717, 1.165) is 50.0 Å². The standard InChI is InChI=1S/C20H29N3O2/c1-21(2)18-8-4-15(5-9-18)14-22(3)19(24)17-10-12-23(13-11-17)20(25)16-6-7-16/h4-5,8-9,16-17H,6-7,10-14H2,1-3H3. The second-order valence-corrected chi connectivity index (χ2v) is 7.63. The molecule has 2 amide bonds. The SMILES string of the molecule is CN(Cc1ccc(N(C)C)cc1)C(=O)C1CCN(C(=O)C2CC2)CC1. The first-order valence-electron chi connectivity index (χ1n) is 9.25. The van der Waals surface area contributed by atoms with Crippen LogP contribution in [-0.4, -0.2) is 55.8 Å². The van der Waals surface area contributed by atoms with Crippen molar-refractivity contribution < 1.29 is 9.59 Å². The van der Waals surface area contributed by atoms with Gasteiger partial charge in [-0.3, -0.25) is 9.59 Å². The molecule has 2 fully saturated rings. The molecule has 1 saturated heterocycles. The average Bonchev–Trinajstić information content (AvgIpc) is 3.46. The number of likely N-dealkylation sites (tertiary alicyclic amines) is 1. The molecule has 0 spiro atoms. The van der Waals surface area contributed by atoms with Gasteiger partial charge in [-0.15, -0.1) is 0 Å². The first kappa shape index (κ1) is 17.8. The number of carbonyl (C=O) groups excluding carboxylic acids is 2. The van der Waals surface area contributed by atoms with Crippen LogP contribution in [0.15, 0.2) is 24.3 Å². The van der Waals surface area contributed by atoms with E-state index in [-0.39, 0.29) is 17.7 Å². The summed E-state index contributed by atoms with van der Waals surface area (Å²) in [6.45, 7) is 2.10. The van der Waals surface area contributed by atoms with Gasteiger partial charge in [0, 0.05) is 58.3 Å². The van der Waals surface area contributed by atoms with Gasteiger partial charge in [0.05, 0.1) is 0 Å². The number of hydrogen-bond donors (Lipinski definition) is 0. The Labute approximate surface area is 150 Å². The van der Waals surface area contributed by atoms with Crippen molar-refractivity contribution in [3.63, 3.8) is 0 Å². The highest BCUT2D eigenvalue weighted by molar-refractivity contribution is 5.82. The Morgan fingerprint density at radius 3 is 2.08 bits per heavy atom. The Hall–Kier alpha value is -2.04. The van der Waals surface area contributed by atoms with Crippen molar-refractivity contribution in [1.29, 1.82) is 0 Å². The summed E-state index contributed by atoms with van der Waals surface area (Å²) >= 11 is 0. The van der Waals surface area contributed by atoms with Crippen LogP contribution in [0.3, 0.4) is 0 Å². The monoisotopic (exact) mass is 343 g/mol. The van der Waals surface area contributed by atoms with Gasteiger partial charge in [0.2, 0.25) is 11.8 Å². The van der Waals surface area contributed by atoms with Crippen LogP contribution < -0.4 is 4.90 Å². The molecule has 0 unspecified atom stereocenters. The van der Waals surface area contributed by atoms with Gasteiger partial charge < -0.3 is 14.7 Å². The van der Waals surface area contributed by atoms with Crippen molar-refractivity contribution >= 4 is 17.5 Å². The van der Waals surface area contributed by atoms with E-state index in [4.69, 9.17) is 0 Å². The Bertz CT molecular complexity index is 614. The zero-order chi connectivity index (χ0) is 18.0. The van der Waals surface area contributed by atoms with Crippen LogP contribution in [0, 0.1) is 11.8 Å². The summed E-state index contributed by atoms with van der Waals surface area (Å²) in [5.74, 6) is 0.838. The van der Waals surface area contributed by atoms with Crippen molar-refractivity contribution in [2.24, 2.45) is 11.8 Å². The molecule has 5 heteroatoms. The van der Waals surface area contributed by atoms with Crippen LogP contribution in [0.5, 0.6) is 0 Å². The van der Waals surface area contributed by atoms with Gasteiger partial charge in [0.1, 0.15) is 0 Å². The summed E-state index contributed by atoms with van der Waals surface area (Å²) in [6.07, 6.45) is 3.68. The van der Waals surface area contributed by atoms with E-state index in [1.165, 1.54) is 0 Å². The number of piperidine rings is 1. The lowest BCUT2D eigenvalue weighted by molar-refractivity contribution is -0.140. The highest BCUT2D eigenvalue weighted by atomic mass is 16.2. The maximum Gasteiger partial charge on any atom is 0.225 e. The number of amides is 2. The van der Waals surface area contributed by atoms with Crippen LogP contribution >= 0.6 is 0 Å². The van der Waals surface area contributed by atoms with Crippen LogP contribution in [0.1, 0.15) is 31.2 Å². The van der Waals surface area contributed by atoms with Crippen molar-refractivity contribution in [2.45, 2.75) is 32.2 Å². The Morgan fingerprint density at radius 1 is 0.960 bits per heavy atom. The second kappa shape index (κ2) is 7.46. The van der Waals surface area contributed by atoms with Gasteiger partial charge >= 0.3 is 0 Å². The van der Waals surface area contributed by atoms with Crippen molar-refractivity contribution in [1.82, 2.24) is 9.80 Å². The fraction of sp³-hybridized carbons (Fsp3) is 0.600. The van der Waals surface area contributed by atoms with Gasteiger partial charge in [-0.05, 0) is 43.4 Å². The van der Waals surface area contributed by atoms with Crippen LogP contribution in [-0.2, 0) is 16.1 Å². The first-order chi connectivity index (χ1) is 12.0. The predicted octanol–water partition coefficient (Wildman–Crippen LogP) is 2.36. The third kappa shape index (κ3) is 4.33. The second-order valence-electron chi connectivity index (χ2n) is 7.63. The largest absolute Gasteiger partial charge is 0.378 e. The van der Waals surface area contributed by atoms with E-state index in [9.17, 15) is 9.59 Å². The molecule has 0 bridgehead atoms. The maximum absolute atomic E-state index is 12.7. The molecular weight excluding hydrogens is 314 g/mol. The highest BCUT2D eigenvalue weighted by Crippen LogP contribution is 2.32. The van der Waals surface area contributed by atoms with Gasteiger partial charge in [0.25, 0.3) is 0 Å². The number of nitrogens with zero attached hydrogens (tertiary/aromatic N) is 3. The summed E-state index contributed by atoms with van der Waals surface area (Å²) in [7, 11) is 5.92. The van der Waals surface area contributed by atoms with Crippen molar-refractivity contribution in [2.75, 3.05) is 39.1 Å². The lowest BCUT2D eigenvalue weighted by Gasteiger charge is -2.33. The minimum atomic E-state index is 0.0503. The molecule has 1 aromatic carbocycles. The lowest BCUT2D eigenvalue weighted by Crippen LogP contribution is -2.43. The van der Waals surface area contributed by atoms with E-state index < -0.39 is 0 Å². The molecule has 1 aliphatic heterocycles. The normalized spacial score (nSPS) is 18.1. The molecule has 25 heavy (non-hydrogen) atoms. The number of anilines is 1. The fourth-order valence-corrected chi connectivity index (χ4v) is 3.50. The number of carbonyl (C=O) groups is 2. The topological polar surface area (TPSA) is 43.9 Å². The van der Waals surface area contributed by atoms with E-state index in [1.54, 1.807) is 0 Å². The lowest BCUT2D eigenvalue weighted by atomic mass is 9.95. The molecule has 136 valence electrons. The van der Waals surface area contributed by atoms with Crippen LogP contribution in [0.4, 0.5) is 5.69 Å². The third-order valence-corrected chi connectivity index (χ3v) is 5.33. The Balaban J connectivity index is 1.49. The fourth-order valence-electron chi connectivity index (χ4n) is 3.50. The molecule has 3 rings (SSSR count). The molecule has 0 radical (unpaired) electrons. The summed E-state index contributed by atoms with van der Waals surface area (Å²) in [5.41, 5.74) is 2.30. The zero-order valence-corrected chi connectivity index (χ0v) is 15.6. The molecular formula is C20H29N3O2. The summed E-state index contributed by atoms with van der Waals surface area (Å²) in [6, 6.07) is 8.32. The van der Waals surface area contributed by atoms with E-state index in [0.29, 0.717) is 12.5 Å². The van der Waals surface area contributed by atoms with Gasteiger partial charge in [-0.25, -0.2) is 0 Å². The van der Waals surface area contributed by atoms with Gasteiger partial charge in [-0.1, -0.05) is 12.1 Å². The molecule has 0 atom stereocenters. The molecule has 1 aliphatic carbocycles. The molecule has 5 nitrogen and oxygen atoms in total. The smallest absolute Gasteiger partial charge is 0.225 e. The van der Waals surface area contributed by atoms with Crippen LogP contribution in [0.25, 0.3) is 0 Å². The maximum atomic E-state index is 12.7. The third-order valence-electron chi connectivity index (χ3n) is 5.33. The van der Waals surface area contributed by atoms with E-state index in [1.807, 2.05) is 30.9 Å². The first-order valence-corrected chi connectivity index (χ1v) is 9.25. The quantitative estimate of drug-likeness (QED) is 0.824. The Morgan fingerprint density at radius 2 is 1.56 bits per heavy atom.